The number of likely N-dealkylation sites (tertiary alicyclic amines) is 1. The number of halogens is 2. The molecule has 5 nitrogen and oxygen atoms in total. The molecule has 0 spiro atoms. The van der Waals surface area contributed by atoms with Crippen molar-refractivity contribution < 1.29 is 14.3 Å². The van der Waals surface area contributed by atoms with Gasteiger partial charge in [-0.3, -0.25) is 9.59 Å². The Morgan fingerprint density at radius 2 is 1.68 bits per heavy atom. The second-order valence-corrected chi connectivity index (χ2v) is 7.50. The summed E-state index contributed by atoms with van der Waals surface area (Å²) in [6, 6.07) is 11.9. The molecule has 2 aromatic rings. The Bertz CT molecular complexity index is 997. The molecule has 0 bridgehead atoms. The van der Waals surface area contributed by atoms with Crippen molar-refractivity contribution in [3.05, 3.63) is 63.8 Å². The molecule has 0 unspecified atom stereocenters. The lowest BCUT2D eigenvalue weighted by atomic mass is 10.0. The lowest BCUT2D eigenvalue weighted by Crippen LogP contribution is -2.34. The van der Waals surface area contributed by atoms with Crippen LogP contribution in [0.2, 0.25) is 10.0 Å². The molecule has 2 aliphatic rings. The van der Waals surface area contributed by atoms with Crippen LogP contribution < -0.4 is 9.64 Å². The average Bonchev–Trinajstić information content (AvgIpc) is 3.30. The molecule has 2 aromatic carbocycles. The number of ether oxygens (including phenoxy) is 1. The smallest absolute Gasteiger partial charge is 0.282 e. The van der Waals surface area contributed by atoms with Crippen molar-refractivity contribution in [1.29, 1.82) is 0 Å². The normalized spacial score (nSPS) is 17.1. The summed E-state index contributed by atoms with van der Waals surface area (Å²) in [7, 11) is 1.54. The summed E-state index contributed by atoms with van der Waals surface area (Å²) < 4.78 is 5.45. The fourth-order valence-electron chi connectivity index (χ4n) is 3.72. The van der Waals surface area contributed by atoms with Crippen LogP contribution in [0.3, 0.4) is 0 Å². The van der Waals surface area contributed by atoms with Crippen molar-refractivity contribution in [3.63, 3.8) is 0 Å². The molecule has 1 saturated heterocycles. The van der Waals surface area contributed by atoms with Gasteiger partial charge in [0.2, 0.25) is 0 Å². The molecule has 2 heterocycles. The minimum atomic E-state index is -0.430. The van der Waals surface area contributed by atoms with Gasteiger partial charge < -0.3 is 9.64 Å². The van der Waals surface area contributed by atoms with Gasteiger partial charge in [0.15, 0.2) is 0 Å². The van der Waals surface area contributed by atoms with Crippen molar-refractivity contribution in [2.24, 2.45) is 0 Å². The zero-order valence-corrected chi connectivity index (χ0v) is 16.8. The fourth-order valence-corrected chi connectivity index (χ4v) is 4.09. The molecule has 4 rings (SSSR count). The number of imide groups is 1. The van der Waals surface area contributed by atoms with Gasteiger partial charge in [0, 0.05) is 23.7 Å². The van der Waals surface area contributed by atoms with Crippen LogP contribution in [0.1, 0.15) is 18.4 Å². The number of amides is 2. The number of nitrogens with zero attached hydrogens (tertiary/aromatic N) is 2. The molecule has 28 heavy (non-hydrogen) atoms. The van der Waals surface area contributed by atoms with Gasteiger partial charge in [-0.1, -0.05) is 41.4 Å². The molecule has 144 valence electrons. The predicted octanol–water partition coefficient (Wildman–Crippen LogP) is 4.38. The topological polar surface area (TPSA) is 49.9 Å². The fraction of sp³-hybridized carbons (Fsp3) is 0.238. The third-order valence-corrected chi connectivity index (χ3v) is 5.56. The summed E-state index contributed by atoms with van der Waals surface area (Å²) >= 11 is 12.4. The van der Waals surface area contributed by atoms with E-state index >= 15 is 0 Å². The molecular formula is C21H18Cl2N2O3. The van der Waals surface area contributed by atoms with Gasteiger partial charge in [-0.15, -0.1) is 0 Å². The highest BCUT2D eigenvalue weighted by Crippen LogP contribution is 2.41. The second kappa shape index (κ2) is 7.49. The zero-order chi connectivity index (χ0) is 19.8. The molecule has 0 atom stereocenters. The molecule has 0 aromatic heterocycles. The third kappa shape index (κ3) is 3.05. The average molecular weight is 417 g/mol. The number of rotatable bonds is 4. The van der Waals surface area contributed by atoms with Crippen molar-refractivity contribution in [1.82, 2.24) is 4.90 Å². The highest BCUT2D eigenvalue weighted by atomic mass is 35.5. The van der Waals surface area contributed by atoms with Crippen LogP contribution in [0.25, 0.3) is 5.57 Å². The molecule has 0 N–H and O–H groups in total. The Balaban J connectivity index is 1.90. The van der Waals surface area contributed by atoms with E-state index in [0.29, 0.717) is 27.6 Å². The van der Waals surface area contributed by atoms with Gasteiger partial charge in [-0.25, -0.2) is 4.90 Å². The van der Waals surface area contributed by atoms with Gasteiger partial charge in [-0.05, 0) is 37.1 Å². The van der Waals surface area contributed by atoms with Crippen molar-refractivity contribution in [2.75, 3.05) is 25.1 Å². The van der Waals surface area contributed by atoms with Gasteiger partial charge in [0.25, 0.3) is 11.8 Å². The van der Waals surface area contributed by atoms with Gasteiger partial charge in [-0.2, -0.15) is 0 Å². The summed E-state index contributed by atoms with van der Waals surface area (Å²) in [6.07, 6.45) is 1.95. The largest absolute Gasteiger partial charge is 0.496 e. The number of para-hydroxylation sites is 1. The Labute approximate surface area is 173 Å². The third-order valence-electron chi connectivity index (χ3n) is 5.01. The number of anilines is 1. The van der Waals surface area contributed by atoms with E-state index in [1.54, 1.807) is 31.4 Å². The van der Waals surface area contributed by atoms with E-state index in [0.717, 1.165) is 30.8 Å². The van der Waals surface area contributed by atoms with E-state index in [9.17, 15) is 9.59 Å². The first-order valence-corrected chi connectivity index (χ1v) is 9.75. The highest BCUT2D eigenvalue weighted by Gasteiger charge is 2.44. The molecule has 2 amide bonds. The maximum Gasteiger partial charge on any atom is 0.282 e. The van der Waals surface area contributed by atoms with E-state index in [1.807, 2.05) is 17.0 Å². The number of benzene rings is 2. The number of carbonyl (C=O) groups is 2. The summed E-state index contributed by atoms with van der Waals surface area (Å²) in [5.74, 6) is -0.285. The SMILES string of the molecule is COc1ccccc1C1=C(N2CCCC2)C(=O)N(c2cc(Cl)ccc2Cl)C1=O. The van der Waals surface area contributed by atoms with Gasteiger partial charge in [0.05, 0.1) is 23.4 Å². The minimum absolute atomic E-state index is 0.283. The standard InChI is InChI=1S/C21H18Cl2N2O3/c1-28-17-7-3-2-6-14(17)18-19(24-10-4-5-11-24)21(27)25(20(18)26)16-12-13(22)8-9-15(16)23/h2-3,6-9,12H,4-5,10-11H2,1H3. The molecule has 7 heteroatoms. The van der Waals surface area contributed by atoms with Crippen molar-refractivity contribution >= 4 is 46.3 Å². The number of hydrogen-bond donors (Lipinski definition) is 0. The number of hydrogen-bond acceptors (Lipinski definition) is 4. The molecule has 0 saturated carbocycles. The second-order valence-electron chi connectivity index (χ2n) is 6.66. The molecule has 2 aliphatic heterocycles. The van der Waals surface area contributed by atoms with Crippen LogP contribution in [-0.2, 0) is 9.59 Å². The van der Waals surface area contributed by atoms with E-state index in [-0.39, 0.29) is 10.7 Å². The quantitative estimate of drug-likeness (QED) is 0.693. The maximum atomic E-state index is 13.5. The summed E-state index contributed by atoms with van der Waals surface area (Å²) in [5.41, 5.74) is 1.60. The zero-order valence-electron chi connectivity index (χ0n) is 15.2. The van der Waals surface area contributed by atoms with E-state index < -0.39 is 11.8 Å². The summed E-state index contributed by atoms with van der Waals surface area (Å²) in [6.45, 7) is 1.45. The van der Waals surface area contributed by atoms with Crippen LogP contribution in [0.4, 0.5) is 5.69 Å². The Hall–Kier alpha value is -2.50. The first kappa shape index (κ1) is 18.8. The molecule has 1 fully saturated rings. The van der Waals surface area contributed by atoms with Crippen LogP contribution >= 0.6 is 23.2 Å². The number of carbonyl (C=O) groups excluding carboxylic acids is 2. The predicted molar refractivity (Wildman–Crippen MR) is 110 cm³/mol. The van der Waals surface area contributed by atoms with Crippen molar-refractivity contribution in [3.8, 4) is 5.75 Å². The van der Waals surface area contributed by atoms with E-state index in [2.05, 4.69) is 0 Å². The van der Waals surface area contributed by atoms with Gasteiger partial charge >= 0.3 is 0 Å². The maximum absolute atomic E-state index is 13.5. The van der Waals surface area contributed by atoms with E-state index in [1.165, 1.54) is 6.07 Å². The lowest BCUT2D eigenvalue weighted by molar-refractivity contribution is -0.120. The Kier molecular flexibility index (Phi) is 5.04. The molecule has 0 aliphatic carbocycles. The molecular weight excluding hydrogens is 399 g/mol. The summed E-state index contributed by atoms with van der Waals surface area (Å²) in [4.78, 5) is 30.0. The highest BCUT2D eigenvalue weighted by molar-refractivity contribution is 6.48. The minimum Gasteiger partial charge on any atom is -0.496 e. The van der Waals surface area contributed by atoms with Crippen LogP contribution in [0, 0.1) is 0 Å². The Morgan fingerprint density at radius 3 is 2.39 bits per heavy atom. The van der Waals surface area contributed by atoms with E-state index in [4.69, 9.17) is 27.9 Å². The monoisotopic (exact) mass is 416 g/mol. The first-order valence-electron chi connectivity index (χ1n) is 8.99. The van der Waals surface area contributed by atoms with Gasteiger partial charge in [0.1, 0.15) is 11.4 Å². The molecule has 0 radical (unpaired) electrons. The lowest BCUT2D eigenvalue weighted by Gasteiger charge is -2.21. The van der Waals surface area contributed by atoms with Crippen LogP contribution in [0.15, 0.2) is 48.2 Å². The number of methoxy groups -OCH3 is 1. The van der Waals surface area contributed by atoms with Crippen LogP contribution in [-0.4, -0.2) is 36.9 Å². The van der Waals surface area contributed by atoms with Crippen molar-refractivity contribution in [2.45, 2.75) is 12.8 Å². The summed E-state index contributed by atoms with van der Waals surface area (Å²) in [5, 5.41) is 0.682. The van der Waals surface area contributed by atoms with Crippen LogP contribution in [0.5, 0.6) is 5.75 Å². The Morgan fingerprint density at radius 1 is 0.964 bits per heavy atom. The first-order chi connectivity index (χ1) is 13.5.